The summed E-state index contributed by atoms with van der Waals surface area (Å²) in [5.74, 6) is -0.500. The average Bonchev–Trinajstić information content (AvgIpc) is 0.769. The van der Waals surface area contributed by atoms with Crippen LogP contribution in [0.4, 0.5) is 0 Å². The molecule has 33 atom stereocenters. The lowest BCUT2D eigenvalue weighted by molar-refractivity contribution is -0.402. The third-order valence-electron chi connectivity index (χ3n) is 18.5. The first-order chi connectivity index (χ1) is 47.9. The number of aliphatic hydroxyl groups is 1. The first-order valence-electron chi connectivity index (χ1n) is 32.6. The van der Waals surface area contributed by atoms with Gasteiger partial charge >= 0.3 is 5.97 Å². The van der Waals surface area contributed by atoms with E-state index in [1.54, 1.807) is 0 Å². The Hall–Kier alpha value is -2.11. The molecule has 6 fully saturated rings. The summed E-state index contributed by atoms with van der Waals surface area (Å²) in [6.07, 6.45) is -31.1. The van der Waals surface area contributed by atoms with Gasteiger partial charge in [0.15, 0.2) is 37.7 Å². The Labute approximate surface area is 581 Å². The molecule has 6 rings (SSSR count). The van der Waals surface area contributed by atoms with Crippen LogP contribution in [0, 0.1) is 0 Å². The second kappa shape index (κ2) is 43.5. The van der Waals surface area contributed by atoms with Crippen LogP contribution in [0.25, 0.3) is 0 Å². The number of carbonyl (C=O) groups excluding carboxylic acids is 1. The maximum Gasteiger partial charge on any atom is 0.302 e. The first-order valence-corrected chi connectivity index (χ1v) is 32.6. The molecule has 6 heterocycles. The zero-order valence-corrected chi connectivity index (χ0v) is 61.1. The van der Waals surface area contributed by atoms with Gasteiger partial charge < -0.3 is 161 Å². The fraction of sp³-hybridized carbons (Fsp3) is 0.953. The molecule has 35 nitrogen and oxygen atoms in total. The Kier molecular flexibility index (Phi) is 37.7. The van der Waals surface area contributed by atoms with E-state index in [4.69, 9.17) is 156 Å². The molecule has 99 heavy (non-hydrogen) atoms. The van der Waals surface area contributed by atoms with Gasteiger partial charge in [-0.1, -0.05) is 6.08 Å². The normalized spacial score (nSPS) is 40.9. The Balaban J connectivity index is 1.23. The summed E-state index contributed by atoms with van der Waals surface area (Å²) in [6, 6.07) is 0. The van der Waals surface area contributed by atoms with Crippen LogP contribution in [0.1, 0.15) is 6.92 Å². The SMILES string of the molecule is C=C[C@@H](O[C@H]1O[C@H](COC)[C@@H](O[C@H]2O[C@H](COC)[C@@H](O[C@H]3O[C@H](COC)[C@@H](O[C@H]4O[C@H](COC)[C@@H](O[C@H]5O[C@H](COC)[C@@H](O[C@H]6O[C@H](COC)[C@@H](O)[C@H](OC)[C@H]6OC)[C@H](OC)[C@H]5OC)[C@H](OC)[C@H]4OC)[C@H](OC)[C@H]3OC)[C@H](OC)[C@H]2OC)[C@H](OC)[C@H]1OC)[C@H](OC)[C@H](COC(C)=O)OC. The van der Waals surface area contributed by atoms with E-state index in [1.807, 2.05) is 0 Å². The minimum Gasteiger partial charge on any atom is -0.463 e. The summed E-state index contributed by atoms with van der Waals surface area (Å²) in [5, 5.41) is 11.2. The van der Waals surface area contributed by atoms with Crippen molar-refractivity contribution in [1.82, 2.24) is 0 Å². The molecule has 0 aromatic carbocycles. The van der Waals surface area contributed by atoms with Crippen molar-refractivity contribution in [2.45, 2.75) is 209 Å². The summed E-state index contributed by atoms with van der Waals surface area (Å²) in [5.41, 5.74) is 0. The number of hydrogen-bond acceptors (Lipinski definition) is 35. The minimum absolute atomic E-state index is 0.0116. The molecule has 0 aromatic heterocycles. The van der Waals surface area contributed by atoms with Gasteiger partial charge in [-0.15, -0.1) is 6.58 Å². The van der Waals surface area contributed by atoms with E-state index in [-0.39, 0.29) is 46.2 Å². The van der Waals surface area contributed by atoms with Gasteiger partial charge in [0.1, 0.15) is 171 Å². The van der Waals surface area contributed by atoms with Crippen molar-refractivity contribution in [3.63, 3.8) is 0 Å². The Morgan fingerprint density at radius 3 is 0.818 bits per heavy atom. The number of carbonyl (C=O) groups is 1. The van der Waals surface area contributed by atoms with Crippen molar-refractivity contribution < 1.29 is 166 Å². The van der Waals surface area contributed by atoms with E-state index in [0.29, 0.717) is 0 Å². The lowest BCUT2D eigenvalue weighted by Gasteiger charge is -2.52. The predicted molar refractivity (Wildman–Crippen MR) is 336 cm³/mol. The van der Waals surface area contributed by atoms with E-state index in [1.165, 1.54) is 155 Å². The molecular formula is C64H114O35. The highest BCUT2D eigenvalue weighted by molar-refractivity contribution is 5.65. The van der Waals surface area contributed by atoms with E-state index in [9.17, 15) is 9.90 Å². The third-order valence-corrected chi connectivity index (χ3v) is 18.5. The zero-order valence-electron chi connectivity index (χ0n) is 61.1. The van der Waals surface area contributed by atoms with Gasteiger partial charge in [0.05, 0.1) is 39.6 Å². The van der Waals surface area contributed by atoms with Gasteiger partial charge in [0.2, 0.25) is 0 Å². The molecule has 0 bridgehead atoms. The standard InChI is InChI=1S/C64H114O35/c1-23-32(41(74-10)34(73-9)30-87-31(2)65)88-59-54(82-18)48(76-12)42(35(90-59)25-68-4)96-61-56(84-20)50(78-14)44(37(92-61)27-70-6)98-63-58(86-22)52(80-16)46(39(94-63)29-72-8)99-64-57(85-21)51(79-15)45(38(93-64)28-71-7)97-62-55(83-19)49(77-13)43(36(91-62)26-69-5)95-60-53(81-17)47(75-11)40(66)33(89-60)24-67-3/h23,32-64,66H,1,24-30H2,2-22H3/t32-,33-,34+,35-,36-,37-,38-,39-,40-,41+,42-,43-,44-,45-,46-,47+,48+,49+,50+,51+,52+,53-,54-,55-,56-,57-,58-,59+,60-,61-,62-,63-,64-/m1/s1. The van der Waals surface area contributed by atoms with E-state index < -0.39 is 209 Å². The fourth-order valence-electron chi connectivity index (χ4n) is 13.8. The van der Waals surface area contributed by atoms with Crippen LogP contribution in [-0.2, 0) is 161 Å². The molecule has 6 saturated heterocycles. The van der Waals surface area contributed by atoms with Crippen LogP contribution in [0.2, 0.25) is 0 Å². The predicted octanol–water partition coefficient (Wildman–Crippen LogP) is -1.15. The number of ether oxygens (including phenoxy) is 33. The van der Waals surface area contributed by atoms with Gasteiger partial charge in [-0.05, 0) is 0 Å². The summed E-state index contributed by atoms with van der Waals surface area (Å²) >= 11 is 0. The highest BCUT2D eigenvalue weighted by Gasteiger charge is 2.60. The Bertz CT molecular complexity index is 2220. The summed E-state index contributed by atoms with van der Waals surface area (Å²) < 4.78 is 206. The maximum atomic E-state index is 11.8. The van der Waals surface area contributed by atoms with Gasteiger partial charge in [0.25, 0.3) is 0 Å². The van der Waals surface area contributed by atoms with Crippen molar-refractivity contribution in [3.05, 3.63) is 12.7 Å². The maximum absolute atomic E-state index is 11.8. The van der Waals surface area contributed by atoms with E-state index in [2.05, 4.69) is 6.58 Å². The second-order valence-electron chi connectivity index (χ2n) is 24.0. The Morgan fingerprint density at radius 1 is 0.343 bits per heavy atom. The monoisotopic (exact) mass is 1440 g/mol. The van der Waals surface area contributed by atoms with E-state index in [0.717, 1.165) is 0 Å². The average molecular weight is 1440 g/mol. The van der Waals surface area contributed by atoms with Crippen molar-refractivity contribution in [1.29, 1.82) is 0 Å². The molecule has 1 N–H and O–H groups in total. The lowest BCUT2D eigenvalue weighted by atomic mass is 9.94. The van der Waals surface area contributed by atoms with Crippen LogP contribution >= 0.6 is 0 Å². The topological polar surface area (TPSA) is 342 Å². The summed E-state index contributed by atoms with van der Waals surface area (Å²) in [4.78, 5) is 11.8. The molecule has 35 heteroatoms. The molecule has 0 radical (unpaired) electrons. The molecule has 0 unspecified atom stereocenters. The summed E-state index contributed by atoms with van der Waals surface area (Å²) in [7, 11) is 29.7. The van der Waals surface area contributed by atoms with Gasteiger partial charge in [-0.3, -0.25) is 4.79 Å². The molecule has 6 aliphatic rings. The molecule has 0 spiro atoms. The first kappa shape index (κ1) is 85.8. The van der Waals surface area contributed by atoms with Gasteiger partial charge in [-0.25, -0.2) is 0 Å². The molecule has 0 aliphatic carbocycles. The van der Waals surface area contributed by atoms with Crippen LogP contribution in [0.15, 0.2) is 12.7 Å². The van der Waals surface area contributed by atoms with Crippen LogP contribution < -0.4 is 0 Å². The molecule has 6 aliphatic heterocycles. The second-order valence-corrected chi connectivity index (χ2v) is 24.0. The highest BCUT2D eigenvalue weighted by atomic mass is 16.8. The fourth-order valence-corrected chi connectivity index (χ4v) is 13.8. The number of esters is 1. The Morgan fingerprint density at radius 2 is 0.586 bits per heavy atom. The number of methoxy groups -OCH3 is 20. The molecule has 580 valence electrons. The third kappa shape index (κ3) is 20.5. The molecule has 0 aromatic rings. The lowest BCUT2D eigenvalue weighted by Crippen LogP contribution is -2.69. The smallest absolute Gasteiger partial charge is 0.302 e. The molecular weight excluding hydrogens is 1330 g/mol. The zero-order chi connectivity index (χ0) is 72.6. The van der Waals surface area contributed by atoms with E-state index >= 15 is 0 Å². The summed E-state index contributed by atoms with van der Waals surface area (Å²) in [6.45, 7) is 4.99. The van der Waals surface area contributed by atoms with Gasteiger partial charge in [-0.2, -0.15) is 0 Å². The van der Waals surface area contributed by atoms with Crippen LogP contribution in [-0.4, -0.2) is 402 Å². The van der Waals surface area contributed by atoms with Crippen molar-refractivity contribution in [2.75, 3.05) is 188 Å². The molecule has 0 amide bonds. The van der Waals surface area contributed by atoms with Crippen molar-refractivity contribution >= 4 is 5.97 Å². The van der Waals surface area contributed by atoms with Crippen LogP contribution in [0.5, 0.6) is 0 Å². The molecule has 0 saturated carbocycles. The number of rotatable bonds is 43. The number of hydrogen-bond donors (Lipinski definition) is 1. The minimum atomic E-state index is -1.24. The van der Waals surface area contributed by atoms with Gasteiger partial charge in [0, 0.05) is 149 Å². The largest absolute Gasteiger partial charge is 0.463 e. The highest BCUT2D eigenvalue weighted by Crippen LogP contribution is 2.41. The number of aliphatic hydroxyl groups excluding tert-OH is 1. The quantitative estimate of drug-likeness (QED) is 0.0556. The van der Waals surface area contributed by atoms with Crippen molar-refractivity contribution in [3.8, 4) is 0 Å². The van der Waals surface area contributed by atoms with Crippen LogP contribution in [0.3, 0.4) is 0 Å². The van der Waals surface area contributed by atoms with Crippen molar-refractivity contribution in [2.24, 2.45) is 0 Å².